The molecule has 4 nitrogen and oxygen atoms in total. The van der Waals surface area contributed by atoms with Crippen LogP contribution in [-0.2, 0) is 0 Å². The number of aromatic nitrogens is 3. The van der Waals surface area contributed by atoms with Gasteiger partial charge in [-0.25, -0.2) is 0 Å². The van der Waals surface area contributed by atoms with Crippen LogP contribution >= 0.6 is 11.6 Å². The molecule has 12 heavy (non-hydrogen) atoms. The lowest BCUT2D eigenvalue weighted by atomic mass is 10.3. The highest BCUT2D eigenvalue weighted by Crippen LogP contribution is 2.26. The third-order valence-electron chi connectivity index (χ3n) is 1.53. The largest absolute Gasteiger partial charge is 0.468 e. The van der Waals surface area contributed by atoms with E-state index in [2.05, 4.69) is 15.0 Å². The van der Waals surface area contributed by atoms with E-state index < -0.39 is 0 Å². The molecule has 0 saturated heterocycles. The summed E-state index contributed by atoms with van der Waals surface area (Å²) in [5.41, 5.74) is 1.49. The average Bonchev–Trinajstić information content (AvgIpc) is 2.52. The predicted molar refractivity (Wildman–Crippen MR) is 44.6 cm³/mol. The molecule has 0 fully saturated rings. The molecule has 1 N–H and O–H groups in total. The van der Waals surface area contributed by atoms with Crippen molar-refractivity contribution in [2.45, 2.75) is 0 Å². The van der Waals surface area contributed by atoms with Crippen LogP contribution in [0.3, 0.4) is 0 Å². The standard InChI is InChI=1S/C7H6ClN3O/c1-12-7-10-4-2-3-9-5(4)6(8)11-7/h2-3H,1H3,(H,10,11). The van der Waals surface area contributed by atoms with Crippen molar-refractivity contribution in [3.8, 4) is 17.4 Å². The van der Waals surface area contributed by atoms with Gasteiger partial charge in [-0.3, -0.25) is 4.98 Å². The summed E-state index contributed by atoms with van der Waals surface area (Å²) in [7, 11) is 1.53. The summed E-state index contributed by atoms with van der Waals surface area (Å²) in [5.74, 6) is 0. The van der Waals surface area contributed by atoms with Crippen molar-refractivity contribution in [1.29, 1.82) is 0 Å². The SMILES string of the molecule is COc1nc(Cl)c2nccc-2[nH]1. The van der Waals surface area contributed by atoms with E-state index in [1.165, 1.54) is 7.11 Å². The number of ether oxygens (including phenoxy) is 1. The van der Waals surface area contributed by atoms with E-state index in [0.717, 1.165) is 5.69 Å². The van der Waals surface area contributed by atoms with Crippen LogP contribution in [0.25, 0.3) is 11.4 Å². The molecular formula is C7H6ClN3O. The third-order valence-corrected chi connectivity index (χ3v) is 1.79. The topological polar surface area (TPSA) is 50.8 Å². The summed E-state index contributed by atoms with van der Waals surface area (Å²) in [6, 6.07) is 2.20. The Morgan fingerprint density at radius 3 is 3.17 bits per heavy atom. The van der Waals surface area contributed by atoms with Crippen LogP contribution in [0.2, 0.25) is 5.15 Å². The summed E-state index contributed by atoms with van der Waals surface area (Å²) in [5, 5.41) is 0.352. The van der Waals surface area contributed by atoms with Crippen LogP contribution in [0.1, 0.15) is 0 Å². The maximum atomic E-state index is 5.81. The maximum Gasteiger partial charge on any atom is 0.295 e. The van der Waals surface area contributed by atoms with E-state index in [4.69, 9.17) is 16.3 Å². The molecule has 0 aliphatic carbocycles. The Kier molecular flexibility index (Phi) is 1.62. The summed E-state index contributed by atoms with van der Waals surface area (Å²) < 4.78 is 4.89. The van der Waals surface area contributed by atoms with Gasteiger partial charge in [-0.05, 0) is 6.07 Å². The van der Waals surface area contributed by atoms with Crippen LogP contribution < -0.4 is 4.74 Å². The van der Waals surface area contributed by atoms with Crippen molar-refractivity contribution < 1.29 is 4.74 Å². The summed E-state index contributed by atoms with van der Waals surface area (Å²) in [6.07, 6.45) is 1.66. The van der Waals surface area contributed by atoms with Crippen molar-refractivity contribution in [1.82, 2.24) is 15.0 Å². The molecule has 2 aliphatic rings. The first kappa shape index (κ1) is 7.36. The van der Waals surface area contributed by atoms with Crippen molar-refractivity contribution in [2.24, 2.45) is 0 Å². The van der Waals surface area contributed by atoms with Crippen LogP contribution in [0.5, 0.6) is 6.01 Å². The zero-order valence-corrected chi connectivity index (χ0v) is 7.09. The highest BCUT2D eigenvalue weighted by atomic mass is 35.5. The van der Waals surface area contributed by atoms with Gasteiger partial charge in [-0.2, -0.15) is 4.98 Å². The van der Waals surface area contributed by atoms with Crippen molar-refractivity contribution >= 4 is 11.6 Å². The second-order valence-electron chi connectivity index (χ2n) is 2.24. The minimum absolute atomic E-state index is 0.352. The van der Waals surface area contributed by atoms with E-state index >= 15 is 0 Å². The van der Waals surface area contributed by atoms with Crippen LogP contribution in [0, 0.1) is 0 Å². The highest BCUT2D eigenvalue weighted by molar-refractivity contribution is 6.31. The van der Waals surface area contributed by atoms with Gasteiger partial charge in [-0.15, -0.1) is 0 Å². The Morgan fingerprint density at radius 2 is 2.42 bits per heavy atom. The molecule has 0 saturated carbocycles. The zero-order valence-electron chi connectivity index (χ0n) is 6.34. The number of rotatable bonds is 1. The predicted octanol–water partition coefficient (Wildman–Crippen LogP) is 1.57. The number of H-pyrrole nitrogens is 1. The lowest BCUT2D eigenvalue weighted by molar-refractivity contribution is 0.380. The summed E-state index contributed by atoms with van der Waals surface area (Å²) in [4.78, 5) is 10.8. The van der Waals surface area contributed by atoms with Gasteiger partial charge >= 0.3 is 0 Å². The van der Waals surface area contributed by atoms with Crippen molar-refractivity contribution in [3.05, 3.63) is 17.4 Å². The number of aromatic amines is 1. The van der Waals surface area contributed by atoms with Gasteiger partial charge in [0.05, 0.1) is 12.8 Å². The fourth-order valence-electron chi connectivity index (χ4n) is 0.982. The molecule has 0 atom stereocenters. The van der Waals surface area contributed by atoms with Gasteiger partial charge in [0.25, 0.3) is 6.01 Å². The number of hydrogen-bond acceptors (Lipinski definition) is 3. The molecule has 0 aromatic heterocycles. The first-order valence-electron chi connectivity index (χ1n) is 3.35. The molecule has 2 heterocycles. The lowest BCUT2D eigenvalue weighted by Gasteiger charge is -2.03. The second kappa shape index (κ2) is 2.64. The van der Waals surface area contributed by atoms with E-state index in [0.29, 0.717) is 16.9 Å². The van der Waals surface area contributed by atoms with Gasteiger partial charge in [-0.1, -0.05) is 11.6 Å². The van der Waals surface area contributed by atoms with Gasteiger partial charge in [0.1, 0.15) is 5.69 Å². The molecule has 0 unspecified atom stereocenters. The molecule has 0 amide bonds. The molecule has 0 aromatic carbocycles. The number of methoxy groups -OCH3 is 1. The average molecular weight is 184 g/mol. The quantitative estimate of drug-likeness (QED) is 0.683. The second-order valence-corrected chi connectivity index (χ2v) is 2.60. The van der Waals surface area contributed by atoms with Gasteiger partial charge < -0.3 is 9.72 Å². The summed E-state index contributed by atoms with van der Waals surface area (Å²) >= 11 is 5.81. The number of nitrogens with zero attached hydrogens (tertiary/aromatic N) is 2. The minimum Gasteiger partial charge on any atom is -0.468 e. The molecular weight excluding hydrogens is 178 g/mol. The third kappa shape index (κ3) is 1.00. The fraction of sp³-hybridized carbons (Fsp3) is 0.143. The molecule has 0 radical (unpaired) electrons. The Labute approximate surface area is 73.9 Å². The van der Waals surface area contributed by atoms with Gasteiger partial charge in [0, 0.05) is 6.20 Å². The van der Waals surface area contributed by atoms with E-state index in [9.17, 15) is 0 Å². The van der Waals surface area contributed by atoms with Crippen LogP contribution in [0.15, 0.2) is 12.3 Å². The molecule has 2 aliphatic heterocycles. The monoisotopic (exact) mass is 183 g/mol. The molecule has 2 rings (SSSR count). The van der Waals surface area contributed by atoms with Crippen LogP contribution in [-0.4, -0.2) is 22.1 Å². The maximum absolute atomic E-state index is 5.81. The number of fused-ring (bicyclic) bond motifs is 1. The van der Waals surface area contributed by atoms with E-state index in [1.807, 2.05) is 6.07 Å². The van der Waals surface area contributed by atoms with E-state index in [1.54, 1.807) is 6.20 Å². The number of hydrogen-bond donors (Lipinski definition) is 1. The molecule has 0 aromatic rings. The number of halogens is 1. The highest BCUT2D eigenvalue weighted by Gasteiger charge is 2.11. The number of nitrogens with one attached hydrogen (secondary N) is 1. The van der Waals surface area contributed by atoms with Crippen LogP contribution in [0.4, 0.5) is 0 Å². The zero-order chi connectivity index (χ0) is 8.55. The van der Waals surface area contributed by atoms with E-state index in [-0.39, 0.29) is 0 Å². The Bertz CT molecular complexity index is 373. The van der Waals surface area contributed by atoms with Gasteiger partial charge in [0.2, 0.25) is 0 Å². The molecule has 0 bridgehead atoms. The molecule has 62 valence electrons. The van der Waals surface area contributed by atoms with Crippen molar-refractivity contribution in [3.63, 3.8) is 0 Å². The minimum atomic E-state index is 0.352. The van der Waals surface area contributed by atoms with Gasteiger partial charge in [0.15, 0.2) is 5.15 Å². The Morgan fingerprint density at radius 1 is 1.58 bits per heavy atom. The fourth-order valence-corrected chi connectivity index (χ4v) is 1.21. The smallest absolute Gasteiger partial charge is 0.295 e. The first-order valence-corrected chi connectivity index (χ1v) is 3.73. The normalized spacial score (nSPS) is 10.5. The lowest BCUT2D eigenvalue weighted by Crippen LogP contribution is -1.95. The Hall–Kier alpha value is -1.29. The molecule has 5 heteroatoms. The summed E-state index contributed by atoms with van der Waals surface area (Å²) in [6.45, 7) is 0. The van der Waals surface area contributed by atoms with Crippen molar-refractivity contribution in [2.75, 3.05) is 7.11 Å². The molecule has 0 spiro atoms. The Balaban J connectivity index is 2.67. The first-order chi connectivity index (χ1) is 5.81.